The van der Waals surface area contributed by atoms with Gasteiger partial charge in [0.1, 0.15) is 0 Å². The molecule has 0 aromatic carbocycles. The lowest BCUT2D eigenvalue weighted by Crippen LogP contribution is -2.36. The summed E-state index contributed by atoms with van der Waals surface area (Å²) in [6.07, 6.45) is 6.88. The van der Waals surface area contributed by atoms with Crippen LogP contribution in [0.3, 0.4) is 0 Å². The van der Waals surface area contributed by atoms with Crippen LogP contribution >= 0.6 is 0 Å². The van der Waals surface area contributed by atoms with Crippen LogP contribution in [0, 0.1) is 0 Å². The molecule has 0 amide bonds. The van der Waals surface area contributed by atoms with E-state index in [4.69, 9.17) is 0 Å². The molecule has 0 spiro atoms. The van der Waals surface area contributed by atoms with Gasteiger partial charge in [-0.05, 0) is 31.0 Å². The maximum absolute atomic E-state index is 12.2. The Morgan fingerprint density at radius 3 is 2.60 bits per heavy atom. The van der Waals surface area contributed by atoms with E-state index in [1.807, 2.05) is 13.0 Å². The fraction of sp³-hybridized carbons (Fsp3) is 0.643. The average molecular weight is 297 g/mol. The lowest BCUT2D eigenvalue weighted by molar-refractivity contribution is 0.411. The van der Waals surface area contributed by atoms with E-state index in [2.05, 4.69) is 15.0 Å². The van der Waals surface area contributed by atoms with Crippen LogP contribution in [0.2, 0.25) is 0 Å². The van der Waals surface area contributed by atoms with Crippen LogP contribution in [-0.2, 0) is 16.6 Å². The predicted octanol–water partition coefficient (Wildman–Crippen LogP) is 1.80. The maximum atomic E-state index is 12.2. The van der Waals surface area contributed by atoms with E-state index in [1.165, 1.54) is 6.42 Å². The number of nitrogens with zero attached hydrogens (tertiary/aromatic N) is 1. The Morgan fingerprint density at radius 1 is 1.25 bits per heavy atom. The minimum atomic E-state index is -3.48. The molecule has 1 aromatic heterocycles. The molecule has 0 aliphatic heterocycles. The van der Waals surface area contributed by atoms with Crippen LogP contribution in [0.15, 0.2) is 23.4 Å². The summed E-state index contributed by atoms with van der Waals surface area (Å²) in [5.41, 5.74) is 0.989. The lowest BCUT2D eigenvalue weighted by atomic mass is 9.96. The second-order valence-corrected chi connectivity index (χ2v) is 6.90. The molecule has 1 aliphatic carbocycles. The van der Waals surface area contributed by atoms with Gasteiger partial charge in [0.05, 0.1) is 0 Å². The molecule has 20 heavy (non-hydrogen) atoms. The monoisotopic (exact) mass is 297 g/mol. The molecule has 1 aromatic rings. The van der Waals surface area contributed by atoms with Gasteiger partial charge in [-0.3, -0.25) is 0 Å². The third-order valence-electron chi connectivity index (χ3n) is 3.58. The molecule has 112 valence electrons. The first-order valence-electron chi connectivity index (χ1n) is 7.30. The Hall–Kier alpha value is -0.980. The van der Waals surface area contributed by atoms with E-state index < -0.39 is 10.0 Å². The largest absolute Gasteiger partial charge is 0.313 e. The van der Waals surface area contributed by atoms with Gasteiger partial charge in [-0.25, -0.2) is 18.1 Å². The van der Waals surface area contributed by atoms with E-state index in [9.17, 15) is 8.42 Å². The summed E-state index contributed by atoms with van der Waals surface area (Å²) in [5, 5.41) is 3.30. The lowest BCUT2D eigenvalue weighted by Gasteiger charge is -2.22. The Morgan fingerprint density at radius 2 is 2.00 bits per heavy atom. The van der Waals surface area contributed by atoms with Crippen molar-refractivity contribution in [3.05, 3.63) is 23.9 Å². The highest BCUT2D eigenvalue weighted by molar-refractivity contribution is 7.89. The van der Waals surface area contributed by atoms with E-state index in [0.717, 1.165) is 37.8 Å². The number of sulfonamides is 1. The highest BCUT2D eigenvalue weighted by Crippen LogP contribution is 2.19. The quantitative estimate of drug-likeness (QED) is 0.840. The molecule has 0 saturated heterocycles. The summed E-state index contributed by atoms with van der Waals surface area (Å²) >= 11 is 0. The van der Waals surface area contributed by atoms with Crippen molar-refractivity contribution in [3.63, 3.8) is 0 Å². The first-order chi connectivity index (χ1) is 9.62. The SMILES string of the molecule is CCNCc1ccc(S(=O)(=O)NC2CCCCC2)nc1. The molecule has 1 saturated carbocycles. The molecular weight excluding hydrogens is 274 g/mol. The standard InChI is InChI=1S/C14H23N3O2S/c1-2-15-10-12-8-9-14(16-11-12)20(18,19)17-13-6-4-3-5-7-13/h8-9,11,13,15,17H,2-7,10H2,1H3. The molecule has 0 bridgehead atoms. The zero-order valence-corrected chi connectivity index (χ0v) is 12.7. The highest BCUT2D eigenvalue weighted by atomic mass is 32.2. The minimum absolute atomic E-state index is 0.0667. The fourth-order valence-corrected chi connectivity index (χ4v) is 3.68. The van der Waals surface area contributed by atoms with E-state index >= 15 is 0 Å². The van der Waals surface area contributed by atoms with Crippen LogP contribution < -0.4 is 10.0 Å². The zero-order chi connectivity index (χ0) is 14.4. The van der Waals surface area contributed by atoms with Crippen LogP contribution in [0.4, 0.5) is 0 Å². The molecule has 2 rings (SSSR count). The Balaban J connectivity index is 2.01. The molecule has 0 radical (unpaired) electrons. The first kappa shape index (κ1) is 15.4. The minimum Gasteiger partial charge on any atom is -0.313 e. The van der Waals surface area contributed by atoms with Crippen molar-refractivity contribution in [1.82, 2.24) is 15.0 Å². The summed E-state index contributed by atoms with van der Waals surface area (Å²) < 4.78 is 27.2. The second kappa shape index (κ2) is 7.15. The Kier molecular flexibility index (Phi) is 5.51. The van der Waals surface area contributed by atoms with E-state index in [1.54, 1.807) is 12.3 Å². The van der Waals surface area contributed by atoms with Crippen LogP contribution in [0.25, 0.3) is 0 Å². The molecule has 1 fully saturated rings. The highest BCUT2D eigenvalue weighted by Gasteiger charge is 2.22. The first-order valence-corrected chi connectivity index (χ1v) is 8.78. The molecule has 2 N–H and O–H groups in total. The number of hydrogen-bond donors (Lipinski definition) is 2. The fourth-order valence-electron chi connectivity index (χ4n) is 2.44. The average Bonchev–Trinajstić information content (AvgIpc) is 2.46. The summed E-state index contributed by atoms with van der Waals surface area (Å²) in [6.45, 7) is 3.61. The van der Waals surface area contributed by atoms with Gasteiger partial charge in [-0.2, -0.15) is 0 Å². The molecule has 6 heteroatoms. The number of hydrogen-bond acceptors (Lipinski definition) is 4. The van der Waals surface area contributed by atoms with Gasteiger partial charge in [0, 0.05) is 18.8 Å². The third kappa shape index (κ3) is 4.26. The third-order valence-corrected chi connectivity index (χ3v) is 5.01. The van der Waals surface area contributed by atoms with Gasteiger partial charge in [0.15, 0.2) is 5.03 Å². The molecule has 1 heterocycles. The summed E-state index contributed by atoms with van der Waals surface area (Å²) in [7, 11) is -3.48. The van der Waals surface area contributed by atoms with E-state index in [-0.39, 0.29) is 11.1 Å². The van der Waals surface area contributed by atoms with Gasteiger partial charge in [0.2, 0.25) is 0 Å². The second-order valence-electron chi connectivity index (χ2n) is 5.24. The predicted molar refractivity (Wildman–Crippen MR) is 78.8 cm³/mol. The number of nitrogens with one attached hydrogen (secondary N) is 2. The van der Waals surface area contributed by atoms with Crippen molar-refractivity contribution in [2.45, 2.75) is 56.6 Å². The normalized spacial score (nSPS) is 17.2. The Labute approximate surface area is 121 Å². The van der Waals surface area contributed by atoms with Gasteiger partial charge in [0.25, 0.3) is 10.0 Å². The number of pyridine rings is 1. The topological polar surface area (TPSA) is 71.1 Å². The van der Waals surface area contributed by atoms with Crippen molar-refractivity contribution in [2.24, 2.45) is 0 Å². The van der Waals surface area contributed by atoms with Crippen molar-refractivity contribution in [1.29, 1.82) is 0 Å². The molecule has 0 unspecified atom stereocenters. The number of aromatic nitrogens is 1. The van der Waals surface area contributed by atoms with Crippen LogP contribution in [0.5, 0.6) is 0 Å². The van der Waals surface area contributed by atoms with E-state index in [0.29, 0.717) is 6.54 Å². The summed E-state index contributed by atoms with van der Waals surface area (Å²) in [5.74, 6) is 0. The van der Waals surface area contributed by atoms with Gasteiger partial charge >= 0.3 is 0 Å². The molecule has 5 nitrogen and oxygen atoms in total. The zero-order valence-electron chi connectivity index (χ0n) is 11.9. The molecular formula is C14H23N3O2S. The Bertz CT molecular complexity index is 508. The van der Waals surface area contributed by atoms with Gasteiger partial charge in [-0.1, -0.05) is 32.3 Å². The molecule has 0 atom stereocenters. The van der Waals surface area contributed by atoms with Crippen LogP contribution in [0.1, 0.15) is 44.6 Å². The van der Waals surface area contributed by atoms with Crippen molar-refractivity contribution >= 4 is 10.0 Å². The van der Waals surface area contributed by atoms with Crippen molar-refractivity contribution < 1.29 is 8.42 Å². The maximum Gasteiger partial charge on any atom is 0.258 e. The van der Waals surface area contributed by atoms with Gasteiger partial charge in [-0.15, -0.1) is 0 Å². The molecule has 1 aliphatic rings. The summed E-state index contributed by atoms with van der Waals surface area (Å²) in [4.78, 5) is 4.08. The van der Waals surface area contributed by atoms with Gasteiger partial charge < -0.3 is 5.32 Å². The van der Waals surface area contributed by atoms with Crippen LogP contribution in [-0.4, -0.2) is 26.0 Å². The number of rotatable bonds is 6. The smallest absolute Gasteiger partial charge is 0.258 e. The summed E-state index contributed by atoms with van der Waals surface area (Å²) in [6, 6.07) is 3.46. The van der Waals surface area contributed by atoms with Crippen molar-refractivity contribution in [2.75, 3.05) is 6.54 Å². The van der Waals surface area contributed by atoms with Crippen molar-refractivity contribution in [3.8, 4) is 0 Å².